The fourth-order valence-electron chi connectivity index (χ4n) is 1.45. The zero-order valence-corrected chi connectivity index (χ0v) is 10.9. The maximum absolute atomic E-state index is 11.9. The van der Waals surface area contributed by atoms with Gasteiger partial charge >= 0.3 is 0 Å². The minimum Gasteiger partial charge on any atom is -0.383 e. The van der Waals surface area contributed by atoms with E-state index in [9.17, 15) is 14.9 Å². The third kappa shape index (κ3) is 3.44. The first-order valence-corrected chi connectivity index (χ1v) is 5.53. The minimum atomic E-state index is -0.489. The van der Waals surface area contributed by atoms with Crippen molar-refractivity contribution in [2.75, 3.05) is 12.4 Å². The van der Waals surface area contributed by atoms with Gasteiger partial charge in [-0.3, -0.25) is 14.9 Å². The Morgan fingerprint density at radius 1 is 1.33 bits per heavy atom. The van der Waals surface area contributed by atoms with Crippen molar-refractivity contribution >= 4 is 17.3 Å². The molecule has 98 valence electrons. The maximum atomic E-state index is 11.9. The average molecular weight is 251 g/mol. The highest BCUT2D eigenvalue weighted by atomic mass is 16.6. The lowest BCUT2D eigenvalue weighted by atomic mass is 10.1. The molecule has 18 heavy (non-hydrogen) atoms. The van der Waals surface area contributed by atoms with Gasteiger partial charge in [-0.1, -0.05) is 0 Å². The molecule has 0 saturated heterocycles. The van der Waals surface area contributed by atoms with Gasteiger partial charge in [0, 0.05) is 24.2 Å². The molecule has 0 aromatic heterocycles. The molecule has 6 nitrogen and oxygen atoms in total. The SMILES string of the molecule is CNc1cc(C(=O)NC(C)(C)C)ccc1[N+](=O)[O-]. The monoisotopic (exact) mass is 251 g/mol. The van der Waals surface area contributed by atoms with Crippen LogP contribution in [-0.4, -0.2) is 23.4 Å². The number of benzene rings is 1. The number of nitrogens with one attached hydrogen (secondary N) is 2. The second-order valence-corrected chi connectivity index (χ2v) is 4.94. The number of anilines is 1. The molecule has 0 fully saturated rings. The van der Waals surface area contributed by atoms with Crippen molar-refractivity contribution in [3.05, 3.63) is 33.9 Å². The molecule has 0 saturated carbocycles. The lowest BCUT2D eigenvalue weighted by molar-refractivity contribution is -0.383. The Balaban J connectivity index is 3.06. The van der Waals surface area contributed by atoms with Crippen molar-refractivity contribution in [3.8, 4) is 0 Å². The van der Waals surface area contributed by atoms with Crippen molar-refractivity contribution in [1.29, 1.82) is 0 Å². The topological polar surface area (TPSA) is 84.3 Å². The van der Waals surface area contributed by atoms with E-state index in [0.29, 0.717) is 11.3 Å². The Labute approximate surface area is 106 Å². The summed E-state index contributed by atoms with van der Waals surface area (Å²) in [5, 5.41) is 16.3. The zero-order chi connectivity index (χ0) is 13.9. The molecular weight excluding hydrogens is 234 g/mol. The molecule has 0 unspecified atom stereocenters. The van der Waals surface area contributed by atoms with E-state index in [0.717, 1.165) is 0 Å². The number of hydrogen-bond donors (Lipinski definition) is 2. The third-order valence-electron chi connectivity index (χ3n) is 2.21. The Morgan fingerprint density at radius 3 is 2.39 bits per heavy atom. The van der Waals surface area contributed by atoms with Crippen LogP contribution in [0.5, 0.6) is 0 Å². The van der Waals surface area contributed by atoms with Crippen LogP contribution in [0, 0.1) is 10.1 Å². The normalized spacial score (nSPS) is 10.9. The fraction of sp³-hybridized carbons (Fsp3) is 0.417. The van der Waals surface area contributed by atoms with Crippen LogP contribution in [-0.2, 0) is 0 Å². The maximum Gasteiger partial charge on any atom is 0.292 e. The highest BCUT2D eigenvalue weighted by Crippen LogP contribution is 2.25. The summed E-state index contributed by atoms with van der Waals surface area (Å²) in [4.78, 5) is 22.2. The smallest absolute Gasteiger partial charge is 0.292 e. The quantitative estimate of drug-likeness (QED) is 0.637. The van der Waals surface area contributed by atoms with Gasteiger partial charge < -0.3 is 10.6 Å². The molecular formula is C12H17N3O3. The van der Waals surface area contributed by atoms with Crippen LogP contribution in [0.15, 0.2) is 18.2 Å². The summed E-state index contributed by atoms with van der Waals surface area (Å²) in [5.41, 5.74) is 0.310. The Morgan fingerprint density at radius 2 is 1.94 bits per heavy atom. The minimum absolute atomic E-state index is 0.0511. The van der Waals surface area contributed by atoms with Crippen LogP contribution in [0.4, 0.5) is 11.4 Å². The van der Waals surface area contributed by atoms with Crippen LogP contribution in [0.1, 0.15) is 31.1 Å². The summed E-state index contributed by atoms with van der Waals surface area (Å²) in [6.07, 6.45) is 0. The Kier molecular flexibility index (Phi) is 3.90. The van der Waals surface area contributed by atoms with E-state index in [4.69, 9.17) is 0 Å². The van der Waals surface area contributed by atoms with Crippen LogP contribution in [0.2, 0.25) is 0 Å². The summed E-state index contributed by atoms with van der Waals surface area (Å²) in [7, 11) is 1.58. The van der Waals surface area contributed by atoms with Crippen molar-refractivity contribution in [1.82, 2.24) is 5.32 Å². The number of nitro groups is 1. The van der Waals surface area contributed by atoms with Gasteiger partial charge in [0.15, 0.2) is 0 Å². The highest BCUT2D eigenvalue weighted by Gasteiger charge is 2.19. The predicted molar refractivity (Wildman–Crippen MR) is 69.9 cm³/mol. The summed E-state index contributed by atoms with van der Waals surface area (Å²) in [6.45, 7) is 5.61. The highest BCUT2D eigenvalue weighted by molar-refractivity contribution is 5.96. The lowest BCUT2D eigenvalue weighted by Gasteiger charge is -2.20. The molecule has 0 radical (unpaired) electrons. The third-order valence-corrected chi connectivity index (χ3v) is 2.21. The van der Waals surface area contributed by atoms with E-state index < -0.39 is 4.92 Å². The molecule has 1 rings (SSSR count). The van der Waals surface area contributed by atoms with E-state index in [1.807, 2.05) is 20.8 Å². The molecule has 1 aromatic carbocycles. The summed E-state index contributed by atoms with van der Waals surface area (Å²) >= 11 is 0. The van der Waals surface area contributed by atoms with Crippen LogP contribution < -0.4 is 10.6 Å². The molecule has 0 bridgehead atoms. The van der Waals surface area contributed by atoms with E-state index in [1.54, 1.807) is 7.05 Å². The molecule has 0 atom stereocenters. The van der Waals surface area contributed by atoms with Crippen molar-refractivity contribution < 1.29 is 9.72 Å². The molecule has 2 N–H and O–H groups in total. The zero-order valence-electron chi connectivity index (χ0n) is 10.9. The van der Waals surface area contributed by atoms with E-state index >= 15 is 0 Å². The van der Waals surface area contributed by atoms with Gasteiger partial charge in [0.05, 0.1) is 4.92 Å². The second kappa shape index (κ2) is 5.03. The molecule has 0 aliphatic heterocycles. The number of nitro benzene ring substituents is 1. The van der Waals surface area contributed by atoms with Crippen molar-refractivity contribution in [2.24, 2.45) is 0 Å². The first-order chi connectivity index (χ1) is 8.24. The summed E-state index contributed by atoms with van der Waals surface area (Å²) < 4.78 is 0. The number of nitrogens with zero attached hydrogens (tertiary/aromatic N) is 1. The Bertz CT molecular complexity index is 478. The first kappa shape index (κ1) is 14.0. The molecule has 1 aromatic rings. The van der Waals surface area contributed by atoms with E-state index in [1.165, 1.54) is 18.2 Å². The van der Waals surface area contributed by atoms with Crippen LogP contribution >= 0.6 is 0 Å². The van der Waals surface area contributed by atoms with Gasteiger partial charge in [-0.25, -0.2) is 0 Å². The van der Waals surface area contributed by atoms with Gasteiger partial charge in [0.1, 0.15) is 5.69 Å². The van der Waals surface area contributed by atoms with E-state index in [-0.39, 0.29) is 17.1 Å². The molecule has 0 aliphatic carbocycles. The van der Waals surface area contributed by atoms with Crippen molar-refractivity contribution in [2.45, 2.75) is 26.3 Å². The van der Waals surface area contributed by atoms with Gasteiger partial charge in [-0.05, 0) is 32.9 Å². The fourth-order valence-corrected chi connectivity index (χ4v) is 1.45. The van der Waals surface area contributed by atoms with Gasteiger partial charge in [-0.15, -0.1) is 0 Å². The van der Waals surface area contributed by atoms with Crippen molar-refractivity contribution in [3.63, 3.8) is 0 Å². The lowest BCUT2D eigenvalue weighted by Crippen LogP contribution is -2.40. The van der Waals surface area contributed by atoms with Crippen LogP contribution in [0.3, 0.4) is 0 Å². The molecule has 0 aliphatic rings. The van der Waals surface area contributed by atoms with Crippen LogP contribution in [0.25, 0.3) is 0 Å². The standard InChI is InChI=1S/C12H17N3O3/c1-12(2,3)14-11(16)8-5-6-10(15(17)18)9(7-8)13-4/h5-7,13H,1-4H3,(H,14,16). The average Bonchev–Trinajstić information content (AvgIpc) is 2.25. The molecule has 0 heterocycles. The van der Waals surface area contributed by atoms with E-state index in [2.05, 4.69) is 10.6 Å². The summed E-state index contributed by atoms with van der Waals surface area (Å²) in [5.74, 6) is -0.256. The number of carbonyl (C=O) groups excluding carboxylic acids is 1. The first-order valence-electron chi connectivity index (χ1n) is 5.53. The molecule has 0 spiro atoms. The number of amides is 1. The second-order valence-electron chi connectivity index (χ2n) is 4.94. The number of hydrogen-bond acceptors (Lipinski definition) is 4. The summed E-state index contributed by atoms with van der Waals surface area (Å²) in [6, 6.07) is 4.24. The van der Waals surface area contributed by atoms with Gasteiger partial charge in [-0.2, -0.15) is 0 Å². The molecule has 6 heteroatoms. The predicted octanol–water partition coefficient (Wildman–Crippen LogP) is 2.16. The Hall–Kier alpha value is -2.11. The number of rotatable bonds is 3. The van der Waals surface area contributed by atoms with Gasteiger partial charge in [0.2, 0.25) is 0 Å². The van der Waals surface area contributed by atoms with Gasteiger partial charge in [0.25, 0.3) is 11.6 Å². The number of carbonyl (C=O) groups is 1. The largest absolute Gasteiger partial charge is 0.383 e. The molecule has 1 amide bonds.